The molecular weight excluding hydrogens is 294 g/mol. The molecule has 0 aromatic carbocycles. The van der Waals surface area contributed by atoms with Gasteiger partial charge in [0.05, 0.1) is 6.10 Å². The number of nitrogens with zero attached hydrogens (tertiary/aromatic N) is 2. The van der Waals surface area contributed by atoms with Crippen LogP contribution in [-0.4, -0.2) is 50.1 Å². The first-order chi connectivity index (χ1) is 9.90. The summed E-state index contributed by atoms with van der Waals surface area (Å²) in [5.41, 5.74) is 0.401. The first-order valence-electron chi connectivity index (χ1n) is 6.97. The molecule has 1 aliphatic carbocycles. The number of methoxy groups -OCH3 is 1. The van der Waals surface area contributed by atoms with Crippen LogP contribution in [0.5, 0.6) is 0 Å². The smallest absolute Gasteiger partial charge is 0.270 e. The largest absolute Gasteiger partial charge is 0.380 e. The van der Waals surface area contributed by atoms with E-state index in [4.69, 9.17) is 9.88 Å². The van der Waals surface area contributed by atoms with Crippen LogP contribution in [-0.2, 0) is 14.8 Å². The Labute approximate surface area is 123 Å². The van der Waals surface area contributed by atoms with Crippen molar-refractivity contribution in [3.8, 4) is 0 Å². The average Bonchev–Trinajstić information content (AvgIpc) is 3.01. The third-order valence-electron chi connectivity index (χ3n) is 4.08. The minimum absolute atomic E-state index is 0.000221. The predicted octanol–water partition coefficient (Wildman–Crippen LogP) is 0.331. The van der Waals surface area contributed by atoms with Crippen molar-refractivity contribution in [2.24, 2.45) is 5.14 Å². The molecule has 1 aromatic rings. The SMILES string of the molecule is COC1CCN(C(=O)c2cc(S(N)(=O)=O)cn2C2CC2)C1. The van der Waals surface area contributed by atoms with Gasteiger partial charge in [-0.25, -0.2) is 13.6 Å². The predicted molar refractivity (Wildman–Crippen MR) is 75.4 cm³/mol. The number of carbonyl (C=O) groups excluding carboxylic acids is 1. The molecule has 2 N–H and O–H groups in total. The Morgan fingerprint density at radius 1 is 1.38 bits per heavy atom. The normalized spacial score (nSPS) is 22.8. The molecule has 8 heteroatoms. The van der Waals surface area contributed by atoms with Crippen LogP contribution in [0, 0.1) is 0 Å². The van der Waals surface area contributed by atoms with Crippen LogP contribution < -0.4 is 5.14 Å². The fourth-order valence-corrected chi connectivity index (χ4v) is 3.24. The van der Waals surface area contributed by atoms with Crippen molar-refractivity contribution in [2.45, 2.75) is 36.3 Å². The lowest BCUT2D eigenvalue weighted by molar-refractivity contribution is 0.0714. The van der Waals surface area contributed by atoms with Crippen LogP contribution in [0.1, 0.15) is 35.8 Å². The molecular formula is C13H19N3O4S. The highest BCUT2D eigenvalue weighted by Gasteiger charge is 2.33. The summed E-state index contributed by atoms with van der Waals surface area (Å²) in [6.45, 7) is 1.16. The summed E-state index contributed by atoms with van der Waals surface area (Å²) < 4.78 is 30.0. The lowest BCUT2D eigenvalue weighted by Gasteiger charge is -2.17. The van der Waals surface area contributed by atoms with Crippen molar-refractivity contribution in [1.82, 2.24) is 9.47 Å². The Balaban J connectivity index is 1.90. The van der Waals surface area contributed by atoms with Gasteiger partial charge >= 0.3 is 0 Å². The van der Waals surface area contributed by atoms with Gasteiger partial charge in [-0.1, -0.05) is 0 Å². The Morgan fingerprint density at radius 3 is 2.62 bits per heavy atom. The van der Waals surface area contributed by atoms with Crippen molar-refractivity contribution < 1.29 is 17.9 Å². The number of carbonyl (C=O) groups is 1. The molecule has 1 aliphatic heterocycles. The van der Waals surface area contributed by atoms with Crippen molar-refractivity contribution in [2.75, 3.05) is 20.2 Å². The summed E-state index contributed by atoms with van der Waals surface area (Å²) >= 11 is 0. The molecule has 7 nitrogen and oxygen atoms in total. The number of hydrogen-bond acceptors (Lipinski definition) is 4. The molecule has 2 heterocycles. The fourth-order valence-electron chi connectivity index (χ4n) is 2.70. The maximum atomic E-state index is 12.6. The molecule has 1 amide bonds. The van der Waals surface area contributed by atoms with Crippen molar-refractivity contribution in [3.63, 3.8) is 0 Å². The number of primary sulfonamides is 1. The first kappa shape index (κ1) is 14.6. The van der Waals surface area contributed by atoms with E-state index in [0.29, 0.717) is 18.8 Å². The van der Waals surface area contributed by atoms with Crippen molar-refractivity contribution in [1.29, 1.82) is 0 Å². The zero-order valence-electron chi connectivity index (χ0n) is 11.9. The monoisotopic (exact) mass is 313 g/mol. The molecule has 116 valence electrons. The van der Waals surface area contributed by atoms with E-state index >= 15 is 0 Å². The quantitative estimate of drug-likeness (QED) is 0.866. The third-order valence-corrected chi connectivity index (χ3v) is 4.96. The molecule has 2 fully saturated rings. The molecule has 21 heavy (non-hydrogen) atoms. The van der Waals surface area contributed by atoms with Gasteiger partial charge in [-0.3, -0.25) is 4.79 Å². The molecule has 0 bridgehead atoms. The highest BCUT2D eigenvalue weighted by molar-refractivity contribution is 7.89. The van der Waals surface area contributed by atoms with Gasteiger partial charge in [0, 0.05) is 32.4 Å². The first-order valence-corrected chi connectivity index (χ1v) is 8.51. The van der Waals surface area contributed by atoms with Gasteiger partial charge in [-0.05, 0) is 25.3 Å². The molecule has 3 rings (SSSR count). The highest BCUT2D eigenvalue weighted by Crippen LogP contribution is 2.37. The molecule has 1 saturated carbocycles. The van der Waals surface area contributed by atoms with Gasteiger partial charge < -0.3 is 14.2 Å². The lowest BCUT2D eigenvalue weighted by Crippen LogP contribution is -2.31. The van der Waals surface area contributed by atoms with E-state index in [9.17, 15) is 13.2 Å². The molecule has 1 unspecified atom stereocenters. The molecule has 0 spiro atoms. The number of hydrogen-bond donors (Lipinski definition) is 1. The van der Waals surface area contributed by atoms with Gasteiger partial charge in [0.25, 0.3) is 5.91 Å². The minimum atomic E-state index is -3.80. The molecule has 2 aliphatic rings. The second kappa shape index (κ2) is 5.11. The summed E-state index contributed by atoms with van der Waals surface area (Å²) in [6.07, 6.45) is 4.24. The zero-order valence-corrected chi connectivity index (χ0v) is 12.7. The number of sulfonamides is 1. The fraction of sp³-hybridized carbons (Fsp3) is 0.615. The molecule has 0 radical (unpaired) electrons. The summed E-state index contributed by atoms with van der Waals surface area (Å²) in [6, 6.07) is 1.59. The van der Waals surface area contributed by atoms with Crippen LogP contribution in [0.2, 0.25) is 0 Å². The number of aromatic nitrogens is 1. The Hall–Kier alpha value is -1.38. The van der Waals surface area contributed by atoms with E-state index in [1.165, 1.54) is 12.3 Å². The standard InChI is InChI=1S/C13H19N3O4S/c1-20-10-4-5-15(7-10)13(17)12-6-11(21(14,18)19)8-16(12)9-2-3-9/h6,8-10H,2-5,7H2,1H3,(H2,14,18,19). The second-order valence-electron chi connectivity index (χ2n) is 5.64. The summed E-state index contributed by atoms with van der Waals surface area (Å²) in [5.74, 6) is -0.156. The van der Waals surface area contributed by atoms with Gasteiger partial charge in [-0.15, -0.1) is 0 Å². The Morgan fingerprint density at radius 2 is 2.10 bits per heavy atom. The van der Waals surface area contributed by atoms with E-state index in [1.807, 2.05) is 0 Å². The van der Waals surface area contributed by atoms with Crippen LogP contribution in [0.3, 0.4) is 0 Å². The lowest BCUT2D eigenvalue weighted by atomic mass is 10.3. The van der Waals surface area contributed by atoms with Gasteiger partial charge in [0.15, 0.2) is 0 Å². The van der Waals surface area contributed by atoms with Crippen LogP contribution >= 0.6 is 0 Å². The van der Waals surface area contributed by atoms with Crippen LogP contribution in [0.15, 0.2) is 17.2 Å². The van der Waals surface area contributed by atoms with Crippen molar-refractivity contribution in [3.05, 3.63) is 18.0 Å². The maximum absolute atomic E-state index is 12.6. The topological polar surface area (TPSA) is 94.6 Å². The summed E-state index contributed by atoms with van der Waals surface area (Å²) in [7, 11) is -2.17. The number of nitrogens with two attached hydrogens (primary N) is 1. The number of ether oxygens (including phenoxy) is 1. The van der Waals surface area contributed by atoms with E-state index < -0.39 is 10.0 Å². The van der Waals surface area contributed by atoms with E-state index in [0.717, 1.165) is 19.3 Å². The van der Waals surface area contributed by atoms with E-state index in [1.54, 1.807) is 16.6 Å². The molecule has 1 aromatic heterocycles. The summed E-state index contributed by atoms with van der Waals surface area (Å²) in [5, 5.41) is 5.17. The Kier molecular flexibility index (Phi) is 3.54. The second-order valence-corrected chi connectivity index (χ2v) is 7.20. The van der Waals surface area contributed by atoms with E-state index in [-0.39, 0.29) is 22.9 Å². The number of amides is 1. The summed E-state index contributed by atoms with van der Waals surface area (Å²) in [4.78, 5) is 14.3. The number of likely N-dealkylation sites (tertiary alicyclic amines) is 1. The van der Waals surface area contributed by atoms with Gasteiger partial charge in [-0.2, -0.15) is 0 Å². The van der Waals surface area contributed by atoms with Gasteiger partial charge in [0.1, 0.15) is 10.6 Å². The Bertz CT molecular complexity index is 663. The van der Waals surface area contributed by atoms with Crippen LogP contribution in [0.4, 0.5) is 0 Å². The maximum Gasteiger partial charge on any atom is 0.270 e. The minimum Gasteiger partial charge on any atom is -0.380 e. The third kappa shape index (κ3) is 2.83. The van der Waals surface area contributed by atoms with E-state index in [2.05, 4.69) is 0 Å². The van der Waals surface area contributed by atoms with Crippen LogP contribution in [0.25, 0.3) is 0 Å². The van der Waals surface area contributed by atoms with Gasteiger partial charge in [0.2, 0.25) is 10.0 Å². The zero-order chi connectivity index (χ0) is 15.2. The highest BCUT2D eigenvalue weighted by atomic mass is 32.2. The number of rotatable bonds is 4. The molecule has 1 atom stereocenters. The average molecular weight is 313 g/mol. The molecule has 1 saturated heterocycles. The van der Waals surface area contributed by atoms with Crippen molar-refractivity contribution >= 4 is 15.9 Å².